The van der Waals surface area contributed by atoms with Gasteiger partial charge in [-0.25, -0.2) is 0 Å². The molecule has 0 bridgehead atoms. The van der Waals surface area contributed by atoms with Gasteiger partial charge < -0.3 is 10.6 Å². The highest BCUT2D eigenvalue weighted by atomic mass is 15.4. The van der Waals surface area contributed by atoms with Gasteiger partial charge in [-0.05, 0) is 24.7 Å². The van der Waals surface area contributed by atoms with E-state index in [-0.39, 0.29) is 0 Å². The maximum atomic E-state index is 5.55. The monoisotopic (exact) mass is 191 g/mol. The molecule has 0 aromatic heterocycles. The molecule has 3 heteroatoms. The van der Waals surface area contributed by atoms with Crippen molar-refractivity contribution in [1.29, 1.82) is 0 Å². The summed E-state index contributed by atoms with van der Waals surface area (Å²) in [7, 11) is 2.15. The average Bonchev–Trinajstić information content (AvgIpc) is 2.65. The standard InChI is InChI=1S/C11H17N3/c1-13-6-7-14(9-13)11-4-2-10(8-12)3-5-11/h2-5H,6-9,12H2,1H3. The van der Waals surface area contributed by atoms with Crippen molar-refractivity contribution in [3.05, 3.63) is 29.8 Å². The summed E-state index contributed by atoms with van der Waals surface area (Å²) in [5.41, 5.74) is 8.05. The summed E-state index contributed by atoms with van der Waals surface area (Å²) in [5, 5.41) is 0. The van der Waals surface area contributed by atoms with Gasteiger partial charge in [0.1, 0.15) is 0 Å². The molecule has 0 aliphatic carbocycles. The Balaban J connectivity index is 2.09. The van der Waals surface area contributed by atoms with Crippen LogP contribution < -0.4 is 10.6 Å². The number of nitrogens with zero attached hydrogens (tertiary/aromatic N) is 2. The zero-order valence-corrected chi connectivity index (χ0v) is 8.61. The largest absolute Gasteiger partial charge is 0.357 e. The van der Waals surface area contributed by atoms with Gasteiger partial charge in [-0.1, -0.05) is 12.1 Å². The van der Waals surface area contributed by atoms with E-state index in [2.05, 4.69) is 41.1 Å². The summed E-state index contributed by atoms with van der Waals surface area (Å²) in [4.78, 5) is 4.69. The third-order valence-corrected chi connectivity index (χ3v) is 2.70. The summed E-state index contributed by atoms with van der Waals surface area (Å²) in [5.74, 6) is 0. The van der Waals surface area contributed by atoms with Crippen LogP contribution in [-0.2, 0) is 6.54 Å². The van der Waals surface area contributed by atoms with Gasteiger partial charge in [0, 0.05) is 25.3 Å². The fourth-order valence-electron chi connectivity index (χ4n) is 1.78. The number of benzene rings is 1. The molecule has 0 radical (unpaired) electrons. The molecule has 1 aliphatic heterocycles. The molecule has 1 saturated heterocycles. The van der Waals surface area contributed by atoms with Crippen LogP contribution in [0.5, 0.6) is 0 Å². The first-order chi connectivity index (χ1) is 6.79. The number of hydrogen-bond acceptors (Lipinski definition) is 3. The number of nitrogens with two attached hydrogens (primary N) is 1. The Kier molecular flexibility index (Phi) is 2.70. The molecule has 76 valence electrons. The van der Waals surface area contributed by atoms with Gasteiger partial charge in [-0.15, -0.1) is 0 Å². The summed E-state index contributed by atoms with van der Waals surface area (Å²) in [6.45, 7) is 3.93. The van der Waals surface area contributed by atoms with Crippen LogP contribution in [0.15, 0.2) is 24.3 Å². The van der Waals surface area contributed by atoms with Crippen molar-refractivity contribution in [1.82, 2.24) is 4.90 Å². The van der Waals surface area contributed by atoms with Crippen LogP contribution >= 0.6 is 0 Å². The van der Waals surface area contributed by atoms with Gasteiger partial charge in [-0.3, -0.25) is 4.90 Å². The molecular weight excluding hydrogens is 174 g/mol. The predicted molar refractivity (Wildman–Crippen MR) is 59.2 cm³/mol. The van der Waals surface area contributed by atoms with Crippen LogP contribution in [0.25, 0.3) is 0 Å². The first-order valence-electron chi connectivity index (χ1n) is 5.02. The Morgan fingerprint density at radius 2 is 1.93 bits per heavy atom. The van der Waals surface area contributed by atoms with E-state index < -0.39 is 0 Å². The molecule has 3 nitrogen and oxygen atoms in total. The molecule has 2 N–H and O–H groups in total. The molecule has 0 spiro atoms. The maximum Gasteiger partial charge on any atom is 0.0705 e. The number of likely N-dealkylation sites (N-methyl/N-ethyl adjacent to an activating group) is 1. The van der Waals surface area contributed by atoms with Gasteiger partial charge in [0.05, 0.1) is 6.67 Å². The Morgan fingerprint density at radius 1 is 1.21 bits per heavy atom. The third kappa shape index (κ3) is 1.89. The molecule has 14 heavy (non-hydrogen) atoms. The van der Waals surface area contributed by atoms with Crippen molar-refractivity contribution in [2.24, 2.45) is 5.73 Å². The van der Waals surface area contributed by atoms with E-state index >= 15 is 0 Å². The first-order valence-corrected chi connectivity index (χ1v) is 5.02. The Labute approximate surface area is 85.1 Å². The summed E-state index contributed by atoms with van der Waals surface area (Å²) >= 11 is 0. The lowest BCUT2D eigenvalue weighted by atomic mass is 10.2. The minimum absolute atomic E-state index is 0.625. The highest BCUT2D eigenvalue weighted by molar-refractivity contribution is 5.48. The van der Waals surface area contributed by atoms with E-state index in [4.69, 9.17) is 5.73 Å². The lowest BCUT2D eigenvalue weighted by Gasteiger charge is -2.18. The van der Waals surface area contributed by atoms with Gasteiger partial charge in [0.25, 0.3) is 0 Å². The van der Waals surface area contributed by atoms with E-state index in [1.165, 1.54) is 11.3 Å². The van der Waals surface area contributed by atoms with E-state index in [9.17, 15) is 0 Å². The van der Waals surface area contributed by atoms with Gasteiger partial charge in [0.2, 0.25) is 0 Å². The lowest BCUT2D eigenvalue weighted by molar-refractivity contribution is 0.421. The van der Waals surface area contributed by atoms with Crippen molar-refractivity contribution in [2.75, 3.05) is 31.7 Å². The third-order valence-electron chi connectivity index (χ3n) is 2.70. The zero-order valence-electron chi connectivity index (χ0n) is 8.61. The zero-order chi connectivity index (χ0) is 9.97. The second-order valence-corrected chi connectivity index (χ2v) is 3.86. The topological polar surface area (TPSA) is 32.5 Å². The average molecular weight is 191 g/mol. The molecule has 0 saturated carbocycles. The number of hydrogen-bond donors (Lipinski definition) is 1. The lowest BCUT2D eigenvalue weighted by Crippen LogP contribution is -2.22. The molecule has 1 aliphatic rings. The van der Waals surface area contributed by atoms with Crippen molar-refractivity contribution in [2.45, 2.75) is 6.54 Å². The van der Waals surface area contributed by atoms with Crippen LogP contribution in [-0.4, -0.2) is 31.7 Å². The fourth-order valence-corrected chi connectivity index (χ4v) is 1.78. The van der Waals surface area contributed by atoms with Crippen LogP contribution in [0.2, 0.25) is 0 Å². The maximum absolute atomic E-state index is 5.55. The Morgan fingerprint density at radius 3 is 2.43 bits per heavy atom. The van der Waals surface area contributed by atoms with Gasteiger partial charge >= 0.3 is 0 Å². The molecule has 0 amide bonds. The van der Waals surface area contributed by atoms with Gasteiger partial charge in [0.15, 0.2) is 0 Å². The second-order valence-electron chi connectivity index (χ2n) is 3.86. The Hall–Kier alpha value is -1.06. The van der Waals surface area contributed by atoms with E-state index in [0.29, 0.717) is 6.54 Å². The molecule has 1 aromatic rings. The van der Waals surface area contributed by atoms with Crippen LogP contribution in [0, 0.1) is 0 Å². The highest BCUT2D eigenvalue weighted by Gasteiger charge is 2.15. The molecule has 1 fully saturated rings. The minimum atomic E-state index is 0.625. The predicted octanol–water partition coefficient (Wildman–Crippen LogP) is 0.855. The quantitative estimate of drug-likeness (QED) is 0.752. The summed E-state index contributed by atoms with van der Waals surface area (Å²) < 4.78 is 0. The van der Waals surface area contributed by atoms with E-state index in [1.54, 1.807) is 0 Å². The van der Waals surface area contributed by atoms with Crippen molar-refractivity contribution < 1.29 is 0 Å². The van der Waals surface area contributed by atoms with E-state index in [1.807, 2.05) is 0 Å². The number of rotatable bonds is 2. The van der Waals surface area contributed by atoms with Gasteiger partial charge in [-0.2, -0.15) is 0 Å². The van der Waals surface area contributed by atoms with Crippen molar-refractivity contribution >= 4 is 5.69 Å². The Bertz CT molecular complexity index is 294. The second kappa shape index (κ2) is 3.98. The molecule has 0 atom stereocenters. The minimum Gasteiger partial charge on any atom is -0.357 e. The van der Waals surface area contributed by atoms with Crippen molar-refractivity contribution in [3.8, 4) is 0 Å². The molecule has 1 heterocycles. The smallest absolute Gasteiger partial charge is 0.0705 e. The SMILES string of the molecule is CN1CCN(c2ccc(CN)cc2)C1. The summed E-state index contributed by atoms with van der Waals surface area (Å²) in [6.07, 6.45) is 0. The molecular formula is C11H17N3. The normalized spacial score (nSPS) is 17.7. The van der Waals surface area contributed by atoms with Crippen LogP contribution in [0.3, 0.4) is 0 Å². The van der Waals surface area contributed by atoms with Crippen molar-refractivity contribution in [3.63, 3.8) is 0 Å². The van der Waals surface area contributed by atoms with E-state index in [0.717, 1.165) is 19.8 Å². The first kappa shape index (κ1) is 9.49. The number of anilines is 1. The van der Waals surface area contributed by atoms with Crippen LogP contribution in [0.1, 0.15) is 5.56 Å². The molecule has 0 unspecified atom stereocenters. The highest BCUT2D eigenvalue weighted by Crippen LogP contribution is 2.17. The summed E-state index contributed by atoms with van der Waals surface area (Å²) in [6, 6.07) is 8.52. The molecule has 1 aromatic carbocycles. The molecule has 2 rings (SSSR count). The van der Waals surface area contributed by atoms with Crippen LogP contribution in [0.4, 0.5) is 5.69 Å². The fraction of sp³-hybridized carbons (Fsp3) is 0.455.